The number of ether oxygens (including phenoxy) is 1. The lowest BCUT2D eigenvalue weighted by molar-refractivity contribution is -0.151. The largest absolute Gasteiger partial charge is 0.481 e. The molecule has 1 amide bonds. The summed E-state index contributed by atoms with van der Waals surface area (Å²) in [6.07, 6.45) is 2.53. The van der Waals surface area contributed by atoms with Gasteiger partial charge in [0.25, 0.3) is 5.91 Å². The second-order valence-electron chi connectivity index (χ2n) is 6.58. The van der Waals surface area contributed by atoms with Crippen LogP contribution in [0.2, 0.25) is 0 Å². The third-order valence-corrected chi connectivity index (χ3v) is 5.36. The van der Waals surface area contributed by atoms with Gasteiger partial charge in [-0.3, -0.25) is 9.59 Å². The number of likely N-dealkylation sites (tertiary alicyclic amines) is 1. The van der Waals surface area contributed by atoms with E-state index in [1.54, 1.807) is 16.7 Å². The van der Waals surface area contributed by atoms with Crippen LogP contribution in [0.25, 0.3) is 0 Å². The highest BCUT2D eigenvalue weighted by Crippen LogP contribution is 2.33. The van der Waals surface area contributed by atoms with Crippen LogP contribution in [0.1, 0.15) is 30.6 Å². The number of carbonyl (C=O) groups excluding carboxylic acids is 1. The van der Waals surface area contributed by atoms with Gasteiger partial charge in [0.05, 0.1) is 12.2 Å². The summed E-state index contributed by atoms with van der Waals surface area (Å²) in [6, 6.07) is 7.50. The van der Waals surface area contributed by atoms with Gasteiger partial charge < -0.3 is 14.7 Å². The van der Waals surface area contributed by atoms with Crippen molar-refractivity contribution in [2.75, 3.05) is 32.6 Å². The van der Waals surface area contributed by atoms with E-state index in [4.69, 9.17) is 4.74 Å². The molecule has 1 aliphatic heterocycles. The Morgan fingerprint density at radius 1 is 1.36 bits per heavy atom. The molecule has 2 rings (SSSR count). The van der Waals surface area contributed by atoms with Crippen LogP contribution < -0.4 is 0 Å². The number of allylic oxidation sites excluding steroid dienone is 1. The number of thioether (sulfide) groups is 1. The summed E-state index contributed by atoms with van der Waals surface area (Å²) in [5.41, 5.74) is 0.865. The van der Waals surface area contributed by atoms with Gasteiger partial charge >= 0.3 is 5.97 Å². The van der Waals surface area contributed by atoms with Gasteiger partial charge in [-0.15, -0.1) is 11.8 Å². The van der Waals surface area contributed by atoms with E-state index in [0.717, 1.165) is 10.6 Å². The number of aliphatic carboxylic acids is 1. The fourth-order valence-corrected chi connectivity index (χ4v) is 4.00. The van der Waals surface area contributed by atoms with E-state index in [0.29, 0.717) is 18.5 Å². The molecule has 1 N–H and O–H groups in total. The lowest BCUT2D eigenvalue weighted by Crippen LogP contribution is -2.40. The smallest absolute Gasteiger partial charge is 0.313 e. The molecule has 0 aliphatic carbocycles. The summed E-state index contributed by atoms with van der Waals surface area (Å²) in [5.74, 6) is -0.217. The maximum absolute atomic E-state index is 12.9. The van der Waals surface area contributed by atoms with Crippen molar-refractivity contribution >= 4 is 23.6 Å². The zero-order valence-electron chi connectivity index (χ0n) is 14.9. The van der Waals surface area contributed by atoms with Crippen LogP contribution in [-0.2, 0) is 9.53 Å². The molecule has 0 radical (unpaired) electrons. The molecule has 0 bridgehead atoms. The second kappa shape index (κ2) is 8.54. The van der Waals surface area contributed by atoms with E-state index < -0.39 is 11.4 Å². The molecule has 1 unspecified atom stereocenters. The molecule has 0 saturated carbocycles. The van der Waals surface area contributed by atoms with Crippen LogP contribution >= 0.6 is 11.8 Å². The molecule has 0 spiro atoms. The number of methoxy groups -OCH3 is 1. The highest BCUT2D eigenvalue weighted by Gasteiger charge is 2.46. The Bertz CT molecular complexity index is 669. The molecule has 1 atom stereocenters. The highest BCUT2D eigenvalue weighted by molar-refractivity contribution is 7.99. The van der Waals surface area contributed by atoms with E-state index in [1.807, 2.05) is 38.1 Å². The number of nitrogens with zero attached hydrogens (tertiary/aromatic N) is 1. The number of benzene rings is 1. The molecule has 1 aromatic carbocycles. The minimum Gasteiger partial charge on any atom is -0.481 e. The molecule has 1 aromatic rings. The maximum Gasteiger partial charge on any atom is 0.313 e. The zero-order chi connectivity index (χ0) is 18.4. The molecular weight excluding hydrogens is 338 g/mol. The summed E-state index contributed by atoms with van der Waals surface area (Å²) < 4.78 is 5.09. The van der Waals surface area contributed by atoms with E-state index in [9.17, 15) is 14.7 Å². The number of carbonyl (C=O) groups is 2. The summed E-state index contributed by atoms with van der Waals surface area (Å²) in [6.45, 7) is 4.82. The summed E-state index contributed by atoms with van der Waals surface area (Å²) in [4.78, 5) is 27.2. The van der Waals surface area contributed by atoms with Gasteiger partial charge in [-0.05, 0) is 32.4 Å². The number of hydrogen-bond donors (Lipinski definition) is 1. The quantitative estimate of drug-likeness (QED) is 0.595. The topological polar surface area (TPSA) is 66.8 Å². The SMILES string of the molecule is COCC1(C(=O)O)CCN(C(=O)c2ccccc2SCC=C(C)C)C1. The molecule has 0 aromatic heterocycles. The average Bonchev–Trinajstić information content (AvgIpc) is 3.00. The Morgan fingerprint density at radius 2 is 2.08 bits per heavy atom. The van der Waals surface area contributed by atoms with E-state index in [-0.39, 0.29) is 19.1 Å². The van der Waals surface area contributed by atoms with Crippen molar-refractivity contribution in [1.82, 2.24) is 4.90 Å². The molecule has 1 saturated heterocycles. The zero-order valence-corrected chi connectivity index (χ0v) is 15.8. The second-order valence-corrected chi connectivity index (χ2v) is 7.65. The third kappa shape index (κ3) is 4.64. The van der Waals surface area contributed by atoms with Crippen molar-refractivity contribution in [2.24, 2.45) is 5.41 Å². The Kier molecular flexibility index (Phi) is 6.67. The highest BCUT2D eigenvalue weighted by atomic mass is 32.2. The van der Waals surface area contributed by atoms with Crippen LogP contribution in [0.15, 0.2) is 40.8 Å². The van der Waals surface area contributed by atoms with Crippen LogP contribution in [0.3, 0.4) is 0 Å². The molecule has 6 heteroatoms. The Hall–Kier alpha value is -1.79. The maximum atomic E-state index is 12.9. The summed E-state index contributed by atoms with van der Waals surface area (Å²) in [5, 5.41) is 9.56. The Labute approximate surface area is 153 Å². The van der Waals surface area contributed by atoms with Crippen LogP contribution in [0.4, 0.5) is 0 Å². The summed E-state index contributed by atoms with van der Waals surface area (Å²) in [7, 11) is 1.49. The minimum atomic E-state index is -1.01. The monoisotopic (exact) mass is 363 g/mol. The van der Waals surface area contributed by atoms with Gasteiger partial charge in [-0.25, -0.2) is 0 Å². The molecule has 136 valence electrons. The molecule has 1 aliphatic rings. The average molecular weight is 363 g/mol. The first kappa shape index (κ1) is 19.5. The van der Waals surface area contributed by atoms with Gasteiger partial charge in [-0.2, -0.15) is 0 Å². The fraction of sp³-hybridized carbons (Fsp3) is 0.474. The van der Waals surface area contributed by atoms with Crippen molar-refractivity contribution in [3.63, 3.8) is 0 Å². The standard InChI is InChI=1S/C19H25NO4S/c1-14(2)8-11-25-16-7-5-4-6-15(16)17(21)20-10-9-19(12-20,13-24-3)18(22)23/h4-8H,9-13H2,1-3H3,(H,22,23). The third-order valence-electron chi connectivity index (χ3n) is 4.36. The van der Waals surface area contributed by atoms with Crippen molar-refractivity contribution in [2.45, 2.75) is 25.2 Å². The van der Waals surface area contributed by atoms with Crippen molar-refractivity contribution in [3.8, 4) is 0 Å². The normalized spacial score (nSPS) is 19.7. The van der Waals surface area contributed by atoms with Crippen LogP contribution in [0.5, 0.6) is 0 Å². The van der Waals surface area contributed by atoms with Gasteiger partial charge in [0.2, 0.25) is 0 Å². The van der Waals surface area contributed by atoms with Crippen molar-refractivity contribution < 1.29 is 19.4 Å². The minimum absolute atomic E-state index is 0.112. The lowest BCUT2D eigenvalue weighted by Gasteiger charge is -2.24. The number of carboxylic acid groups (broad SMARTS) is 1. The molecule has 25 heavy (non-hydrogen) atoms. The Morgan fingerprint density at radius 3 is 2.72 bits per heavy atom. The van der Waals surface area contributed by atoms with Crippen LogP contribution in [0, 0.1) is 5.41 Å². The van der Waals surface area contributed by atoms with E-state index >= 15 is 0 Å². The van der Waals surface area contributed by atoms with E-state index in [1.165, 1.54) is 12.7 Å². The molecular formula is C19H25NO4S. The van der Waals surface area contributed by atoms with Gasteiger partial charge in [0.1, 0.15) is 5.41 Å². The first-order chi connectivity index (χ1) is 11.9. The number of rotatable bonds is 7. The van der Waals surface area contributed by atoms with E-state index in [2.05, 4.69) is 6.08 Å². The van der Waals surface area contributed by atoms with Crippen LogP contribution in [-0.4, -0.2) is 54.4 Å². The molecule has 5 nitrogen and oxygen atoms in total. The predicted molar refractivity (Wildman–Crippen MR) is 99.1 cm³/mol. The van der Waals surface area contributed by atoms with Gasteiger partial charge in [-0.1, -0.05) is 23.8 Å². The van der Waals surface area contributed by atoms with Crippen molar-refractivity contribution in [1.29, 1.82) is 0 Å². The fourth-order valence-electron chi connectivity index (χ4n) is 2.91. The number of hydrogen-bond acceptors (Lipinski definition) is 4. The first-order valence-corrected chi connectivity index (χ1v) is 9.25. The van der Waals surface area contributed by atoms with Crippen molar-refractivity contribution in [3.05, 3.63) is 41.5 Å². The van der Waals surface area contributed by atoms with Gasteiger partial charge in [0.15, 0.2) is 0 Å². The number of amides is 1. The lowest BCUT2D eigenvalue weighted by atomic mass is 9.88. The number of carboxylic acids is 1. The predicted octanol–water partition coefficient (Wildman–Crippen LogP) is 3.31. The summed E-state index contributed by atoms with van der Waals surface area (Å²) >= 11 is 1.61. The van der Waals surface area contributed by atoms with Gasteiger partial charge in [0, 0.05) is 30.8 Å². The molecule has 1 fully saturated rings. The first-order valence-electron chi connectivity index (χ1n) is 8.26. The Balaban J connectivity index is 2.16. The molecule has 1 heterocycles.